The zero-order valence-electron chi connectivity index (χ0n) is 11.1. The van der Waals surface area contributed by atoms with Crippen LogP contribution in [-0.4, -0.2) is 21.9 Å². The van der Waals surface area contributed by atoms with E-state index >= 15 is 0 Å². The van der Waals surface area contributed by atoms with E-state index in [2.05, 4.69) is 42.3 Å². The smallest absolute Gasteiger partial charge is 0.161 e. The normalized spacial score (nSPS) is 23.2. The number of aromatic nitrogens is 1. The number of rotatable bonds is 1. The van der Waals surface area contributed by atoms with Gasteiger partial charge in [0.2, 0.25) is 0 Å². The minimum Gasteiger partial charge on any atom is -0.334 e. The number of fused-ring (bicyclic) bond motifs is 1. The monoisotopic (exact) mass is 271 g/mol. The summed E-state index contributed by atoms with van der Waals surface area (Å²) in [5.41, 5.74) is 1.08. The molecule has 2 unspecified atom stereocenters. The van der Waals surface area contributed by atoms with Crippen LogP contribution in [0.3, 0.4) is 0 Å². The van der Waals surface area contributed by atoms with Crippen LogP contribution in [0.2, 0.25) is 0 Å². The highest BCUT2D eigenvalue weighted by Crippen LogP contribution is 2.27. The van der Waals surface area contributed by atoms with Gasteiger partial charge in [0.25, 0.3) is 0 Å². The third-order valence-corrected chi connectivity index (χ3v) is 4.73. The van der Waals surface area contributed by atoms with Gasteiger partial charge in [-0.2, -0.15) is 0 Å². The van der Waals surface area contributed by atoms with Gasteiger partial charge in [-0.15, -0.1) is 0 Å². The Morgan fingerprint density at radius 2 is 2.16 bits per heavy atom. The van der Waals surface area contributed by atoms with Crippen molar-refractivity contribution in [1.29, 1.82) is 0 Å². The van der Waals surface area contributed by atoms with E-state index in [0.717, 1.165) is 22.0 Å². The van der Waals surface area contributed by atoms with Gasteiger partial charge in [0.05, 0.1) is 6.04 Å². The van der Waals surface area contributed by atoms with Crippen LogP contribution in [-0.2, 0) is 0 Å². The van der Waals surface area contributed by atoms with Crippen molar-refractivity contribution in [3.05, 3.63) is 36.7 Å². The summed E-state index contributed by atoms with van der Waals surface area (Å²) in [6, 6.07) is 8.65. The van der Waals surface area contributed by atoms with Gasteiger partial charge in [0.1, 0.15) is 0 Å². The zero-order valence-corrected chi connectivity index (χ0v) is 11.9. The van der Waals surface area contributed by atoms with Gasteiger partial charge in [-0.1, -0.05) is 30.8 Å². The number of nitrogens with zero attached hydrogens (tertiary/aromatic N) is 2. The van der Waals surface area contributed by atoms with Crippen molar-refractivity contribution < 1.29 is 0 Å². The molecule has 1 aliphatic heterocycles. The molecule has 1 aromatic heterocycles. The maximum absolute atomic E-state index is 4.71. The quantitative estimate of drug-likeness (QED) is 0.857. The summed E-state index contributed by atoms with van der Waals surface area (Å²) in [6.07, 6.45) is 3.72. The van der Waals surface area contributed by atoms with Gasteiger partial charge in [0, 0.05) is 29.2 Å². The fourth-order valence-electron chi connectivity index (χ4n) is 2.11. The number of hydrogen-bond donors (Lipinski definition) is 1. The number of amidine groups is 1. The predicted molar refractivity (Wildman–Crippen MR) is 83.9 cm³/mol. The van der Waals surface area contributed by atoms with Crippen molar-refractivity contribution in [3.8, 4) is 0 Å². The van der Waals surface area contributed by atoms with Gasteiger partial charge in [-0.25, -0.2) is 0 Å². The molecule has 2 aromatic rings. The molecular formula is C15H17N3S. The second kappa shape index (κ2) is 5.21. The molecule has 0 aliphatic carbocycles. The molecule has 98 valence electrons. The molecule has 1 N–H and O–H groups in total. The molecule has 0 spiro atoms. The van der Waals surface area contributed by atoms with E-state index in [9.17, 15) is 0 Å². The van der Waals surface area contributed by atoms with Crippen molar-refractivity contribution in [2.24, 2.45) is 10.9 Å². The highest BCUT2D eigenvalue weighted by atomic mass is 32.2. The average Bonchev–Trinajstić information content (AvgIpc) is 2.43. The minimum absolute atomic E-state index is 0.386. The number of aliphatic imine (C=N–C) groups is 1. The summed E-state index contributed by atoms with van der Waals surface area (Å²) in [6.45, 7) is 4.43. The molecule has 1 aromatic carbocycles. The molecule has 0 amide bonds. The van der Waals surface area contributed by atoms with E-state index in [4.69, 9.17) is 4.99 Å². The Hall–Kier alpha value is -1.55. The van der Waals surface area contributed by atoms with E-state index in [1.807, 2.05) is 18.5 Å². The largest absolute Gasteiger partial charge is 0.334 e. The first-order valence-corrected chi connectivity index (χ1v) is 7.53. The SMILES string of the molecule is CC1CSC(Nc2cccc3ccncc23)=NC1C. The van der Waals surface area contributed by atoms with Gasteiger partial charge < -0.3 is 5.32 Å². The van der Waals surface area contributed by atoms with Crippen LogP contribution in [0.1, 0.15) is 13.8 Å². The van der Waals surface area contributed by atoms with E-state index in [1.54, 1.807) is 11.8 Å². The third-order valence-electron chi connectivity index (χ3n) is 3.55. The fourth-order valence-corrected chi connectivity index (χ4v) is 3.23. The van der Waals surface area contributed by atoms with Crippen LogP contribution >= 0.6 is 11.8 Å². The molecule has 0 radical (unpaired) electrons. The molecule has 0 fully saturated rings. The standard InChI is InChI=1S/C15H17N3S/c1-10-9-19-15(17-11(10)2)18-14-5-3-4-12-6-7-16-8-13(12)14/h3-8,10-11H,9H2,1-2H3,(H,17,18). The molecule has 0 saturated heterocycles. The average molecular weight is 271 g/mol. The zero-order chi connectivity index (χ0) is 13.2. The number of thioether (sulfide) groups is 1. The Kier molecular flexibility index (Phi) is 3.42. The van der Waals surface area contributed by atoms with Gasteiger partial charge in [-0.3, -0.25) is 9.98 Å². The van der Waals surface area contributed by atoms with E-state index in [0.29, 0.717) is 12.0 Å². The van der Waals surface area contributed by atoms with Gasteiger partial charge in [0.15, 0.2) is 5.17 Å². The number of nitrogens with one attached hydrogen (secondary N) is 1. The Morgan fingerprint density at radius 1 is 1.26 bits per heavy atom. The predicted octanol–water partition coefficient (Wildman–Crippen LogP) is 3.77. The van der Waals surface area contributed by atoms with Crippen molar-refractivity contribution in [2.45, 2.75) is 19.9 Å². The fraction of sp³-hybridized carbons (Fsp3) is 0.333. The summed E-state index contributed by atoms with van der Waals surface area (Å²) >= 11 is 1.80. The second-order valence-corrected chi connectivity index (χ2v) is 6.00. The lowest BCUT2D eigenvalue weighted by atomic mass is 10.1. The summed E-state index contributed by atoms with van der Waals surface area (Å²) in [5.74, 6) is 1.76. The lowest BCUT2D eigenvalue weighted by molar-refractivity contribution is 0.537. The minimum atomic E-state index is 0.386. The second-order valence-electron chi connectivity index (χ2n) is 4.99. The molecule has 19 heavy (non-hydrogen) atoms. The number of benzene rings is 1. The number of hydrogen-bond acceptors (Lipinski definition) is 4. The maximum atomic E-state index is 4.71. The molecule has 0 saturated carbocycles. The van der Waals surface area contributed by atoms with E-state index < -0.39 is 0 Å². The van der Waals surface area contributed by atoms with Gasteiger partial charge in [-0.05, 0) is 30.4 Å². The summed E-state index contributed by atoms with van der Waals surface area (Å²) in [7, 11) is 0. The molecule has 2 atom stereocenters. The van der Waals surface area contributed by atoms with Crippen LogP contribution in [0.5, 0.6) is 0 Å². The molecule has 3 nitrogen and oxygen atoms in total. The van der Waals surface area contributed by atoms with E-state index in [1.165, 1.54) is 5.39 Å². The molecule has 1 aliphatic rings. The van der Waals surface area contributed by atoms with Crippen molar-refractivity contribution in [1.82, 2.24) is 4.98 Å². The first-order valence-electron chi connectivity index (χ1n) is 6.54. The lowest BCUT2D eigenvalue weighted by Crippen LogP contribution is -2.25. The molecule has 4 heteroatoms. The summed E-state index contributed by atoms with van der Waals surface area (Å²) in [4.78, 5) is 8.92. The summed E-state index contributed by atoms with van der Waals surface area (Å²) in [5, 5.41) is 6.80. The van der Waals surface area contributed by atoms with Crippen molar-refractivity contribution in [3.63, 3.8) is 0 Å². The topological polar surface area (TPSA) is 37.3 Å². The van der Waals surface area contributed by atoms with Crippen molar-refractivity contribution >= 4 is 33.4 Å². The first-order chi connectivity index (χ1) is 9.24. The van der Waals surface area contributed by atoms with Crippen LogP contribution in [0.15, 0.2) is 41.7 Å². The Morgan fingerprint density at radius 3 is 3.00 bits per heavy atom. The lowest BCUT2D eigenvalue weighted by Gasteiger charge is -2.24. The maximum Gasteiger partial charge on any atom is 0.161 e. The van der Waals surface area contributed by atoms with Crippen LogP contribution in [0.25, 0.3) is 10.8 Å². The van der Waals surface area contributed by atoms with Crippen molar-refractivity contribution in [2.75, 3.05) is 11.1 Å². The van der Waals surface area contributed by atoms with Crippen LogP contribution in [0.4, 0.5) is 5.69 Å². The first kappa shape index (κ1) is 12.5. The molecule has 2 heterocycles. The molecule has 0 bridgehead atoms. The number of anilines is 1. The molecular weight excluding hydrogens is 254 g/mol. The Balaban J connectivity index is 1.92. The van der Waals surface area contributed by atoms with Gasteiger partial charge >= 0.3 is 0 Å². The van der Waals surface area contributed by atoms with Crippen LogP contribution < -0.4 is 5.32 Å². The Labute approximate surface area is 117 Å². The van der Waals surface area contributed by atoms with E-state index in [-0.39, 0.29) is 0 Å². The van der Waals surface area contributed by atoms with Crippen LogP contribution in [0, 0.1) is 5.92 Å². The Bertz CT molecular complexity index is 618. The molecule has 3 rings (SSSR count). The summed E-state index contributed by atoms with van der Waals surface area (Å²) < 4.78 is 0. The highest BCUT2D eigenvalue weighted by molar-refractivity contribution is 8.14. The third kappa shape index (κ3) is 2.59. The number of pyridine rings is 1. The highest BCUT2D eigenvalue weighted by Gasteiger charge is 2.19.